The van der Waals surface area contributed by atoms with Gasteiger partial charge >= 0.3 is 18.4 Å². The Kier molecular flexibility index (Phi) is 15.9. The van der Waals surface area contributed by atoms with Crippen LogP contribution < -0.4 is 20.5 Å². The minimum atomic E-state index is -4.64. The molecule has 1 amide bonds. The molecule has 2 aromatic carbocycles. The van der Waals surface area contributed by atoms with E-state index in [1.54, 1.807) is 66.7 Å². The fourth-order valence-corrected chi connectivity index (χ4v) is 6.38. The van der Waals surface area contributed by atoms with Crippen molar-refractivity contribution in [2.75, 3.05) is 13.2 Å². The molecule has 0 aliphatic carbocycles. The predicted molar refractivity (Wildman–Crippen MR) is 215 cm³/mol. The molecule has 0 bridgehead atoms. The van der Waals surface area contributed by atoms with E-state index in [4.69, 9.17) is 19.9 Å². The largest absolute Gasteiger partial charge is 0.491 e. The van der Waals surface area contributed by atoms with Crippen molar-refractivity contribution in [2.45, 2.75) is 118 Å². The number of hydrogen-bond acceptors (Lipinski definition) is 9. The molecule has 3 N–H and O–H groups in total. The zero-order chi connectivity index (χ0) is 44.6. The lowest BCUT2D eigenvalue weighted by Gasteiger charge is -2.33. The van der Waals surface area contributed by atoms with Crippen molar-refractivity contribution in [1.82, 2.24) is 25.3 Å². The van der Waals surface area contributed by atoms with E-state index in [9.17, 15) is 31.1 Å². The minimum absolute atomic E-state index is 0.000220. The van der Waals surface area contributed by atoms with Gasteiger partial charge in [0, 0.05) is 29.1 Å². The lowest BCUT2D eigenvalue weighted by atomic mass is 9.91. The molecule has 0 radical (unpaired) electrons. The third-order valence-electron chi connectivity index (χ3n) is 8.35. The number of halogens is 6. The van der Waals surface area contributed by atoms with Crippen LogP contribution >= 0.6 is 0 Å². The number of hydrogen-bond donors (Lipinski definition) is 2. The molecule has 0 spiro atoms. The molecule has 2 atom stereocenters. The van der Waals surface area contributed by atoms with Crippen LogP contribution in [-0.4, -0.2) is 55.9 Å². The summed E-state index contributed by atoms with van der Waals surface area (Å²) < 4.78 is 98.5. The maximum Gasteiger partial charge on any atom is 0.419 e. The van der Waals surface area contributed by atoms with Gasteiger partial charge in [-0.3, -0.25) is 0 Å². The zero-order valence-electron chi connectivity index (χ0n) is 35.5. The van der Waals surface area contributed by atoms with Crippen molar-refractivity contribution < 1.29 is 45.3 Å². The van der Waals surface area contributed by atoms with Crippen LogP contribution in [0.15, 0.2) is 60.9 Å². The average molecular weight is 835 g/mol. The molecule has 0 aliphatic heterocycles. The molecule has 2 heterocycles. The third kappa shape index (κ3) is 15.9. The van der Waals surface area contributed by atoms with Crippen LogP contribution in [-0.2, 0) is 17.1 Å². The Morgan fingerprint density at radius 1 is 0.678 bits per heavy atom. The molecular formula is C43H56F6N6O4. The van der Waals surface area contributed by atoms with Gasteiger partial charge in [-0.05, 0) is 122 Å². The van der Waals surface area contributed by atoms with Crippen molar-refractivity contribution in [1.29, 1.82) is 0 Å². The molecule has 0 unspecified atom stereocenters. The highest BCUT2D eigenvalue weighted by Gasteiger charge is 2.38. The van der Waals surface area contributed by atoms with E-state index in [0.29, 0.717) is 52.9 Å². The summed E-state index contributed by atoms with van der Waals surface area (Å²) in [6.45, 7) is 19.8. The third-order valence-corrected chi connectivity index (χ3v) is 8.35. The molecule has 4 aromatic rings. The van der Waals surface area contributed by atoms with Crippen LogP contribution in [0.3, 0.4) is 0 Å². The number of ether oxygens (including phenoxy) is 3. The molecule has 0 fully saturated rings. The summed E-state index contributed by atoms with van der Waals surface area (Å²) >= 11 is 0. The maximum atomic E-state index is 13.8. The molecule has 10 nitrogen and oxygen atoms in total. The van der Waals surface area contributed by atoms with Crippen LogP contribution in [0.25, 0.3) is 22.5 Å². The smallest absolute Gasteiger partial charge is 0.419 e. The molecule has 0 saturated carbocycles. The van der Waals surface area contributed by atoms with Crippen LogP contribution in [0.4, 0.5) is 31.1 Å². The second kappa shape index (κ2) is 19.4. The summed E-state index contributed by atoms with van der Waals surface area (Å²) in [4.78, 5) is 28.7. The van der Waals surface area contributed by atoms with E-state index < -0.39 is 46.3 Å². The number of carbonyl (C=O) groups is 1. The van der Waals surface area contributed by atoms with Gasteiger partial charge in [-0.1, -0.05) is 27.7 Å². The Morgan fingerprint density at radius 2 is 1.10 bits per heavy atom. The summed E-state index contributed by atoms with van der Waals surface area (Å²) in [6.07, 6.45) is -5.70. The predicted octanol–water partition coefficient (Wildman–Crippen LogP) is 10.8. The highest BCUT2D eigenvalue weighted by atomic mass is 19.4. The van der Waals surface area contributed by atoms with Gasteiger partial charge in [0.1, 0.15) is 42.0 Å². The lowest BCUT2D eigenvalue weighted by molar-refractivity contribution is -0.139. The van der Waals surface area contributed by atoms with Crippen molar-refractivity contribution >= 4 is 6.09 Å². The molecule has 4 rings (SSSR count). The molecule has 59 heavy (non-hydrogen) atoms. The number of nitrogens with two attached hydrogens (primary N) is 1. The summed E-state index contributed by atoms with van der Waals surface area (Å²) in [6, 6.07) is 10.9. The lowest BCUT2D eigenvalue weighted by Crippen LogP contribution is -2.52. The van der Waals surface area contributed by atoms with E-state index in [1.165, 1.54) is 30.6 Å². The van der Waals surface area contributed by atoms with E-state index in [1.807, 2.05) is 27.7 Å². The first-order valence-electron chi connectivity index (χ1n) is 19.1. The molecule has 16 heteroatoms. The molecule has 0 saturated heterocycles. The first-order valence-corrected chi connectivity index (χ1v) is 19.1. The summed E-state index contributed by atoms with van der Waals surface area (Å²) in [5, 5.41) is 2.77. The second-order valence-electron chi connectivity index (χ2n) is 17.0. The van der Waals surface area contributed by atoms with Crippen LogP contribution in [0.2, 0.25) is 0 Å². The van der Waals surface area contributed by atoms with Gasteiger partial charge in [-0.2, -0.15) is 26.3 Å². The van der Waals surface area contributed by atoms with Crippen molar-refractivity contribution in [3.05, 3.63) is 83.7 Å². The summed E-state index contributed by atoms with van der Waals surface area (Å²) in [5.41, 5.74) is 3.50. The van der Waals surface area contributed by atoms with Gasteiger partial charge in [0.15, 0.2) is 0 Å². The Morgan fingerprint density at radius 3 is 1.47 bits per heavy atom. The topological polar surface area (TPSA) is 134 Å². The number of alkyl halides is 6. The van der Waals surface area contributed by atoms with Crippen molar-refractivity contribution in [3.8, 4) is 34.0 Å². The fraction of sp³-hybridized carbons (Fsp3) is 0.512. The number of rotatable bonds is 13. The SMILES string of the molecule is Cc1nccc(-c2ccc(OC[C@@](C)(N)CC(C)C)c(C(F)(F)F)c2)n1.Cc1nccc(-c2ccc(OC[C@](C)(CC(C)C)NC(=O)OC(C)(C)C)c(C(F)(F)F)c2)n1. The zero-order valence-corrected chi connectivity index (χ0v) is 35.5. The fourth-order valence-electron chi connectivity index (χ4n) is 6.38. The van der Waals surface area contributed by atoms with Crippen molar-refractivity contribution in [3.63, 3.8) is 0 Å². The monoisotopic (exact) mass is 834 g/mol. The first kappa shape index (κ1) is 48.4. The van der Waals surface area contributed by atoms with Crippen LogP contribution in [0.1, 0.15) is 97.9 Å². The summed E-state index contributed by atoms with van der Waals surface area (Å²) in [7, 11) is 0. The average Bonchev–Trinajstić information content (AvgIpc) is 3.07. The number of benzene rings is 2. The van der Waals surface area contributed by atoms with Gasteiger partial charge < -0.3 is 25.3 Å². The Hall–Kier alpha value is -4.99. The normalized spacial score (nSPS) is 14.2. The Labute approximate surface area is 342 Å². The Balaban J connectivity index is 0.000000324. The van der Waals surface area contributed by atoms with E-state index in [2.05, 4.69) is 25.3 Å². The number of alkyl carbamates (subject to hydrolysis) is 1. The number of amides is 1. The van der Waals surface area contributed by atoms with E-state index >= 15 is 0 Å². The minimum Gasteiger partial charge on any atom is -0.491 e. The highest BCUT2D eigenvalue weighted by molar-refractivity contribution is 5.69. The molecular weight excluding hydrogens is 778 g/mol. The van der Waals surface area contributed by atoms with E-state index in [0.717, 1.165) is 12.1 Å². The van der Waals surface area contributed by atoms with Gasteiger partial charge in [0.25, 0.3) is 0 Å². The van der Waals surface area contributed by atoms with Gasteiger partial charge in [-0.25, -0.2) is 24.7 Å². The molecule has 2 aromatic heterocycles. The van der Waals surface area contributed by atoms with Gasteiger partial charge in [-0.15, -0.1) is 0 Å². The molecule has 0 aliphatic rings. The number of nitrogens with one attached hydrogen (secondary N) is 1. The quantitative estimate of drug-likeness (QED) is 0.126. The standard InChI is InChI=1S/C24H32F3N3O3.C19H24F3N3O/c1-15(2)13-23(7,30-21(31)33-22(4,5)6)14-32-20-9-8-17(12-18(20)24(25,26)27)19-10-11-28-16(3)29-19;1-12(2)10-18(4,23)11-26-17-6-5-14(9-15(17)19(20,21)22)16-7-8-24-13(3)25-16/h8-12,15H,13-14H2,1-7H3,(H,30,31);5-9,12H,10-11,23H2,1-4H3/t23-;18-/m00/s1. The van der Waals surface area contributed by atoms with E-state index in [-0.39, 0.29) is 30.6 Å². The number of nitrogens with zero attached hydrogens (tertiary/aromatic N) is 4. The van der Waals surface area contributed by atoms with Crippen molar-refractivity contribution in [2.24, 2.45) is 17.6 Å². The summed E-state index contributed by atoms with van der Waals surface area (Å²) in [5.74, 6) is 0.867. The van der Waals surface area contributed by atoms with Gasteiger partial charge in [0.2, 0.25) is 0 Å². The maximum absolute atomic E-state index is 13.8. The number of aromatic nitrogens is 4. The number of carbonyl (C=O) groups excluding carboxylic acids is 1. The molecule has 324 valence electrons. The van der Waals surface area contributed by atoms with Crippen LogP contribution in [0, 0.1) is 25.7 Å². The number of aryl methyl sites for hydroxylation is 2. The van der Waals surface area contributed by atoms with Crippen LogP contribution in [0.5, 0.6) is 11.5 Å². The first-order chi connectivity index (χ1) is 27.1. The second-order valence-corrected chi connectivity index (χ2v) is 17.0. The highest BCUT2D eigenvalue weighted by Crippen LogP contribution is 2.40. The Bertz CT molecular complexity index is 2010. The van der Waals surface area contributed by atoms with Gasteiger partial charge in [0.05, 0.1) is 28.1 Å².